The Morgan fingerprint density at radius 1 is 1.60 bits per heavy atom. The summed E-state index contributed by atoms with van der Waals surface area (Å²) >= 11 is 5.65. The number of amidine groups is 1. The molecule has 1 aromatic rings. The fourth-order valence-electron chi connectivity index (χ4n) is 0.935. The predicted molar refractivity (Wildman–Crippen MR) is 58.3 cm³/mol. The maximum absolute atomic E-state index is 8.35. The van der Waals surface area contributed by atoms with Crippen LogP contribution in [-0.2, 0) is 0 Å². The Labute approximate surface area is 92.4 Å². The summed E-state index contributed by atoms with van der Waals surface area (Å²) < 4.78 is 0. The van der Waals surface area contributed by atoms with Crippen molar-refractivity contribution in [3.63, 3.8) is 0 Å². The number of oxime groups is 1. The van der Waals surface area contributed by atoms with Gasteiger partial charge in [-0.15, -0.1) is 0 Å². The molecule has 7 heteroatoms. The van der Waals surface area contributed by atoms with Crippen LogP contribution in [0.15, 0.2) is 17.5 Å². The fraction of sp³-hybridized carbons (Fsp3) is 0.375. The van der Waals surface area contributed by atoms with E-state index in [1.165, 1.54) is 12.4 Å². The van der Waals surface area contributed by atoms with Crippen LogP contribution in [0.3, 0.4) is 0 Å². The first-order chi connectivity index (χ1) is 7.13. The molecule has 3 N–H and O–H groups in total. The molecule has 0 aliphatic rings. The zero-order valence-electron chi connectivity index (χ0n) is 8.26. The topological polar surface area (TPSA) is 87.6 Å². The van der Waals surface area contributed by atoms with Crippen LogP contribution in [0.2, 0.25) is 5.02 Å². The van der Waals surface area contributed by atoms with Gasteiger partial charge in [-0.25, -0.2) is 9.97 Å². The number of halogens is 1. The van der Waals surface area contributed by atoms with Gasteiger partial charge in [-0.05, 0) is 0 Å². The van der Waals surface area contributed by atoms with E-state index < -0.39 is 0 Å². The van der Waals surface area contributed by atoms with Crippen LogP contribution in [-0.4, -0.2) is 34.6 Å². The highest BCUT2D eigenvalue weighted by Gasteiger charge is 2.04. The van der Waals surface area contributed by atoms with Gasteiger partial charge < -0.3 is 15.8 Å². The molecule has 0 aliphatic heterocycles. The summed E-state index contributed by atoms with van der Waals surface area (Å²) in [6.07, 6.45) is 3.48. The molecule has 15 heavy (non-hydrogen) atoms. The number of hydrogen-bond acceptors (Lipinski definition) is 5. The van der Waals surface area contributed by atoms with E-state index in [0.29, 0.717) is 23.9 Å². The van der Waals surface area contributed by atoms with Crippen LogP contribution < -0.4 is 10.6 Å². The van der Waals surface area contributed by atoms with E-state index in [1.807, 2.05) is 7.05 Å². The van der Waals surface area contributed by atoms with Crippen LogP contribution >= 0.6 is 11.6 Å². The van der Waals surface area contributed by atoms with Gasteiger partial charge in [-0.1, -0.05) is 16.8 Å². The number of nitrogens with zero attached hydrogens (tertiary/aromatic N) is 4. The maximum Gasteiger partial charge on any atom is 0.225 e. The van der Waals surface area contributed by atoms with Crippen LogP contribution in [0.25, 0.3) is 0 Å². The molecule has 1 aromatic heterocycles. The molecule has 6 nitrogen and oxygen atoms in total. The molecule has 0 atom stereocenters. The molecule has 0 saturated carbocycles. The molecule has 0 saturated heterocycles. The molecule has 0 bridgehead atoms. The van der Waals surface area contributed by atoms with E-state index in [4.69, 9.17) is 22.5 Å². The van der Waals surface area contributed by atoms with Crippen molar-refractivity contribution in [1.82, 2.24) is 9.97 Å². The van der Waals surface area contributed by atoms with E-state index >= 15 is 0 Å². The van der Waals surface area contributed by atoms with Crippen molar-refractivity contribution in [2.24, 2.45) is 10.9 Å². The molecular formula is C8H12ClN5O. The number of aromatic nitrogens is 2. The van der Waals surface area contributed by atoms with E-state index in [0.717, 1.165) is 0 Å². The Kier molecular flexibility index (Phi) is 4.11. The lowest BCUT2D eigenvalue weighted by Gasteiger charge is -2.15. The number of hydrogen-bond donors (Lipinski definition) is 2. The first kappa shape index (κ1) is 11.5. The van der Waals surface area contributed by atoms with Crippen LogP contribution in [0.1, 0.15) is 6.42 Å². The fourth-order valence-corrected chi connectivity index (χ4v) is 1.03. The Morgan fingerprint density at radius 2 is 2.20 bits per heavy atom. The van der Waals surface area contributed by atoms with Crippen molar-refractivity contribution in [3.8, 4) is 0 Å². The minimum atomic E-state index is 0.177. The summed E-state index contributed by atoms with van der Waals surface area (Å²) in [5.74, 6) is 0.723. The standard InChI is InChI=1S/C8H12ClN5O/c1-14(3-2-7(10)13-15)8-11-4-6(9)5-12-8/h4-5,15H,2-3H2,1H3,(H2,10,13). The largest absolute Gasteiger partial charge is 0.409 e. The van der Waals surface area contributed by atoms with Crippen molar-refractivity contribution >= 4 is 23.4 Å². The highest BCUT2D eigenvalue weighted by Crippen LogP contribution is 2.08. The van der Waals surface area contributed by atoms with Crippen molar-refractivity contribution in [2.45, 2.75) is 6.42 Å². The smallest absolute Gasteiger partial charge is 0.225 e. The normalized spacial score (nSPS) is 11.5. The minimum Gasteiger partial charge on any atom is -0.409 e. The summed E-state index contributed by atoms with van der Waals surface area (Å²) in [5, 5.41) is 11.7. The van der Waals surface area contributed by atoms with Gasteiger partial charge in [-0.2, -0.15) is 0 Å². The molecule has 0 aliphatic carbocycles. The van der Waals surface area contributed by atoms with Crippen LogP contribution in [0.4, 0.5) is 5.95 Å². The van der Waals surface area contributed by atoms with Gasteiger partial charge in [0.2, 0.25) is 5.95 Å². The molecule has 0 unspecified atom stereocenters. The van der Waals surface area contributed by atoms with E-state index in [-0.39, 0.29) is 5.84 Å². The average molecular weight is 230 g/mol. The summed E-state index contributed by atoms with van der Waals surface area (Å²) in [6, 6.07) is 0. The molecule has 1 rings (SSSR count). The zero-order chi connectivity index (χ0) is 11.3. The summed E-state index contributed by atoms with van der Waals surface area (Å²) in [6.45, 7) is 0.567. The van der Waals surface area contributed by atoms with Crippen LogP contribution in [0.5, 0.6) is 0 Å². The Morgan fingerprint density at radius 3 is 2.73 bits per heavy atom. The molecule has 1 heterocycles. The Bertz CT molecular complexity index is 339. The quantitative estimate of drug-likeness (QED) is 0.344. The molecule has 0 fully saturated rings. The van der Waals surface area contributed by atoms with E-state index in [1.54, 1.807) is 4.90 Å². The summed E-state index contributed by atoms with van der Waals surface area (Å²) in [4.78, 5) is 9.83. The Balaban J connectivity index is 2.53. The second-order valence-corrected chi connectivity index (χ2v) is 3.40. The molecule has 0 amide bonds. The second-order valence-electron chi connectivity index (χ2n) is 2.96. The van der Waals surface area contributed by atoms with E-state index in [9.17, 15) is 0 Å². The van der Waals surface area contributed by atoms with Crippen molar-refractivity contribution in [3.05, 3.63) is 17.4 Å². The van der Waals surface area contributed by atoms with Crippen LogP contribution in [0, 0.1) is 0 Å². The lowest BCUT2D eigenvalue weighted by atomic mass is 10.4. The van der Waals surface area contributed by atoms with Gasteiger partial charge in [0.05, 0.1) is 17.4 Å². The second kappa shape index (κ2) is 5.35. The van der Waals surface area contributed by atoms with Gasteiger partial charge in [0.1, 0.15) is 5.84 Å². The van der Waals surface area contributed by atoms with E-state index in [2.05, 4.69) is 15.1 Å². The minimum absolute atomic E-state index is 0.177. The molecule has 82 valence electrons. The molecule has 0 radical (unpaired) electrons. The zero-order valence-corrected chi connectivity index (χ0v) is 9.02. The first-order valence-corrected chi connectivity index (χ1v) is 4.66. The monoisotopic (exact) mass is 229 g/mol. The molecular weight excluding hydrogens is 218 g/mol. The van der Waals surface area contributed by atoms with Crippen molar-refractivity contribution in [1.29, 1.82) is 0 Å². The summed E-state index contributed by atoms with van der Waals surface area (Å²) in [5.41, 5.74) is 5.33. The number of anilines is 1. The lowest BCUT2D eigenvalue weighted by molar-refractivity contribution is 0.317. The van der Waals surface area contributed by atoms with Crippen molar-refractivity contribution in [2.75, 3.05) is 18.5 Å². The first-order valence-electron chi connectivity index (χ1n) is 4.28. The number of nitrogens with two attached hydrogens (primary N) is 1. The van der Waals surface area contributed by atoms with Gasteiger partial charge in [0.15, 0.2) is 0 Å². The number of rotatable bonds is 4. The van der Waals surface area contributed by atoms with Gasteiger partial charge in [0, 0.05) is 20.0 Å². The molecule has 0 aromatic carbocycles. The van der Waals surface area contributed by atoms with Gasteiger partial charge in [-0.3, -0.25) is 0 Å². The maximum atomic E-state index is 8.35. The average Bonchev–Trinajstić information content (AvgIpc) is 2.26. The van der Waals surface area contributed by atoms with Gasteiger partial charge in [0.25, 0.3) is 0 Å². The molecule has 0 spiro atoms. The van der Waals surface area contributed by atoms with Gasteiger partial charge >= 0.3 is 0 Å². The SMILES string of the molecule is CN(CCC(N)=NO)c1ncc(Cl)cn1. The third-order valence-electron chi connectivity index (χ3n) is 1.78. The third kappa shape index (κ3) is 3.59. The lowest BCUT2D eigenvalue weighted by Crippen LogP contribution is -2.25. The highest BCUT2D eigenvalue weighted by molar-refractivity contribution is 6.30. The third-order valence-corrected chi connectivity index (χ3v) is 1.98. The predicted octanol–water partition coefficient (Wildman–Crippen LogP) is 0.703. The highest BCUT2D eigenvalue weighted by atomic mass is 35.5. The van der Waals surface area contributed by atoms with Crippen molar-refractivity contribution < 1.29 is 5.21 Å². The summed E-state index contributed by atoms with van der Waals surface area (Å²) in [7, 11) is 1.81. The Hall–Kier alpha value is -1.56.